The topological polar surface area (TPSA) is 58.3 Å². The van der Waals surface area contributed by atoms with E-state index in [4.69, 9.17) is 4.99 Å². The molecule has 1 N–H and O–H groups in total. The van der Waals surface area contributed by atoms with Gasteiger partial charge in [-0.25, -0.2) is 14.7 Å². The van der Waals surface area contributed by atoms with Crippen molar-refractivity contribution in [2.75, 3.05) is 19.6 Å². The number of hydrogen-bond donors (Lipinski definition) is 1. The van der Waals surface area contributed by atoms with Crippen LogP contribution in [0.25, 0.3) is 5.82 Å². The van der Waals surface area contributed by atoms with Crippen LogP contribution in [0.4, 0.5) is 0 Å². The Morgan fingerprint density at radius 3 is 3.00 bits per heavy atom. The molecule has 0 bridgehead atoms. The Morgan fingerprint density at radius 2 is 2.27 bits per heavy atom. The molecule has 2 aromatic heterocycles. The van der Waals surface area contributed by atoms with Crippen LogP contribution >= 0.6 is 0 Å². The highest BCUT2D eigenvalue weighted by Crippen LogP contribution is 2.23. The first-order valence-electron chi connectivity index (χ1n) is 9.64. The zero-order chi connectivity index (χ0) is 18.4. The van der Waals surface area contributed by atoms with E-state index in [0.717, 1.165) is 48.8 Å². The second-order valence-electron chi connectivity index (χ2n) is 7.37. The standard InChI is InChI=1S/C20H30N6/c1-4-21-20(25-11-7-18(15-25)12-16(2)3)23-14-17-6-9-22-19(13-17)26-10-5-8-24-26/h5-6,8-10,13,16,18H,4,7,11-12,14-15H2,1-3H3,(H,21,23). The molecule has 0 saturated carbocycles. The van der Waals surface area contributed by atoms with Gasteiger partial charge < -0.3 is 10.2 Å². The third-order valence-electron chi connectivity index (χ3n) is 4.69. The number of nitrogens with zero attached hydrogens (tertiary/aromatic N) is 5. The SMILES string of the molecule is CCNC(=NCc1ccnc(-n2cccn2)c1)N1CCC(CC(C)C)C1. The fourth-order valence-corrected chi connectivity index (χ4v) is 3.56. The van der Waals surface area contributed by atoms with Crippen molar-refractivity contribution in [3.8, 4) is 5.82 Å². The molecule has 2 aromatic rings. The highest BCUT2D eigenvalue weighted by Gasteiger charge is 2.25. The predicted octanol–water partition coefficient (Wildman–Crippen LogP) is 3.10. The van der Waals surface area contributed by atoms with Gasteiger partial charge in [0.25, 0.3) is 0 Å². The summed E-state index contributed by atoms with van der Waals surface area (Å²) in [5.74, 6) is 3.39. The summed E-state index contributed by atoms with van der Waals surface area (Å²) >= 11 is 0. The third-order valence-corrected chi connectivity index (χ3v) is 4.69. The lowest BCUT2D eigenvalue weighted by Gasteiger charge is -2.22. The molecule has 26 heavy (non-hydrogen) atoms. The quantitative estimate of drug-likeness (QED) is 0.640. The molecule has 140 valence electrons. The molecule has 0 aromatic carbocycles. The summed E-state index contributed by atoms with van der Waals surface area (Å²) in [5, 5.41) is 7.70. The zero-order valence-corrected chi connectivity index (χ0v) is 16.1. The molecule has 1 unspecified atom stereocenters. The average molecular weight is 355 g/mol. The molecular formula is C20H30N6. The summed E-state index contributed by atoms with van der Waals surface area (Å²) < 4.78 is 1.77. The minimum absolute atomic E-state index is 0.643. The van der Waals surface area contributed by atoms with Crippen LogP contribution in [0.15, 0.2) is 41.8 Å². The van der Waals surface area contributed by atoms with Gasteiger partial charge in [-0.1, -0.05) is 13.8 Å². The smallest absolute Gasteiger partial charge is 0.194 e. The highest BCUT2D eigenvalue weighted by molar-refractivity contribution is 5.80. The molecule has 0 spiro atoms. The van der Waals surface area contributed by atoms with E-state index in [-0.39, 0.29) is 0 Å². The minimum atomic E-state index is 0.643. The number of nitrogens with one attached hydrogen (secondary N) is 1. The van der Waals surface area contributed by atoms with E-state index in [2.05, 4.69) is 41.1 Å². The second-order valence-corrected chi connectivity index (χ2v) is 7.37. The van der Waals surface area contributed by atoms with E-state index in [9.17, 15) is 0 Å². The van der Waals surface area contributed by atoms with Gasteiger partial charge in [-0.2, -0.15) is 5.10 Å². The molecule has 6 nitrogen and oxygen atoms in total. The summed E-state index contributed by atoms with van der Waals surface area (Å²) in [5.41, 5.74) is 1.14. The van der Waals surface area contributed by atoms with E-state index < -0.39 is 0 Å². The maximum Gasteiger partial charge on any atom is 0.194 e. The Hall–Kier alpha value is -2.37. The lowest BCUT2D eigenvalue weighted by atomic mass is 9.97. The Morgan fingerprint density at radius 1 is 1.38 bits per heavy atom. The lowest BCUT2D eigenvalue weighted by molar-refractivity contribution is 0.403. The molecule has 6 heteroatoms. The molecule has 0 radical (unpaired) electrons. The Bertz CT molecular complexity index is 707. The first-order valence-corrected chi connectivity index (χ1v) is 9.64. The summed E-state index contributed by atoms with van der Waals surface area (Å²) in [6.07, 6.45) is 8.05. The Labute approximate surface area is 156 Å². The molecule has 3 rings (SSSR count). The number of aromatic nitrogens is 3. The van der Waals surface area contributed by atoms with Crippen LogP contribution < -0.4 is 5.32 Å². The number of likely N-dealkylation sites (tertiary alicyclic amines) is 1. The highest BCUT2D eigenvalue weighted by atomic mass is 15.3. The summed E-state index contributed by atoms with van der Waals surface area (Å²) in [4.78, 5) is 11.7. The van der Waals surface area contributed by atoms with Crippen LogP contribution in [0.3, 0.4) is 0 Å². The number of guanidine groups is 1. The van der Waals surface area contributed by atoms with Crippen LogP contribution in [0.2, 0.25) is 0 Å². The predicted molar refractivity (Wildman–Crippen MR) is 105 cm³/mol. The number of hydrogen-bond acceptors (Lipinski definition) is 3. The largest absolute Gasteiger partial charge is 0.357 e. The molecule has 0 amide bonds. The third kappa shape index (κ3) is 4.84. The summed E-state index contributed by atoms with van der Waals surface area (Å²) in [7, 11) is 0. The fourth-order valence-electron chi connectivity index (χ4n) is 3.56. The van der Waals surface area contributed by atoms with Crippen LogP contribution in [0, 0.1) is 11.8 Å². The van der Waals surface area contributed by atoms with E-state index >= 15 is 0 Å². The normalized spacial score (nSPS) is 17.9. The average Bonchev–Trinajstić information content (AvgIpc) is 3.30. The van der Waals surface area contributed by atoms with Gasteiger partial charge in [0.05, 0.1) is 6.54 Å². The number of pyridine rings is 1. The van der Waals surface area contributed by atoms with Crippen molar-refractivity contribution in [2.45, 2.75) is 40.2 Å². The first kappa shape index (κ1) is 18.4. The molecule has 3 heterocycles. The molecule has 1 aliphatic rings. The van der Waals surface area contributed by atoms with Crippen LogP contribution in [-0.4, -0.2) is 45.3 Å². The zero-order valence-electron chi connectivity index (χ0n) is 16.1. The first-order chi connectivity index (χ1) is 12.7. The van der Waals surface area contributed by atoms with Gasteiger partial charge in [-0.15, -0.1) is 0 Å². The lowest BCUT2D eigenvalue weighted by Crippen LogP contribution is -2.40. The molecule has 1 saturated heterocycles. The van der Waals surface area contributed by atoms with Crippen LogP contribution in [0.5, 0.6) is 0 Å². The number of aliphatic imine (C=N–C) groups is 1. The van der Waals surface area contributed by atoms with Gasteiger partial charge in [0.1, 0.15) is 0 Å². The van der Waals surface area contributed by atoms with E-state index in [1.54, 1.807) is 10.9 Å². The monoisotopic (exact) mass is 354 g/mol. The van der Waals surface area contributed by atoms with Crippen molar-refractivity contribution >= 4 is 5.96 Å². The molecule has 1 atom stereocenters. The van der Waals surface area contributed by atoms with Crippen molar-refractivity contribution in [2.24, 2.45) is 16.8 Å². The van der Waals surface area contributed by atoms with Crippen molar-refractivity contribution < 1.29 is 0 Å². The molecule has 1 aliphatic heterocycles. The van der Waals surface area contributed by atoms with Crippen molar-refractivity contribution in [3.63, 3.8) is 0 Å². The van der Waals surface area contributed by atoms with Crippen molar-refractivity contribution in [1.82, 2.24) is 25.0 Å². The molecular weight excluding hydrogens is 324 g/mol. The maximum atomic E-state index is 4.88. The van der Waals surface area contributed by atoms with Crippen molar-refractivity contribution in [3.05, 3.63) is 42.4 Å². The molecule has 1 fully saturated rings. The van der Waals surface area contributed by atoms with Crippen LogP contribution in [-0.2, 0) is 6.54 Å². The van der Waals surface area contributed by atoms with E-state index in [1.807, 2.05) is 30.6 Å². The van der Waals surface area contributed by atoms with Gasteiger partial charge in [-0.05, 0) is 55.4 Å². The van der Waals surface area contributed by atoms with E-state index in [0.29, 0.717) is 6.54 Å². The van der Waals surface area contributed by atoms with Gasteiger partial charge in [0.2, 0.25) is 0 Å². The maximum absolute atomic E-state index is 4.88. The Balaban J connectivity index is 1.67. The van der Waals surface area contributed by atoms with Gasteiger partial charge in [-0.3, -0.25) is 0 Å². The van der Waals surface area contributed by atoms with Gasteiger partial charge >= 0.3 is 0 Å². The van der Waals surface area contributed by atoms with Gasteiger partial charge in [0.15, 0.2) is 11.8 Å². The van der Waals surface area contributed by atoms with Crippen LogP contribution in [0.1, 0.15) is 39.2 Å². The second kappa shape index (κ2) is 8.83. The van der Waals surface area contributed by atoms with E-state index in [1.165, 1.54) is 12.8 Å². The van der Waals surface area contributed by atoms with Gasteiger partial charge in [0, 0.05) is 38.2 Å². The minimum Gasteiger partial charge on any atom is -0.357 e. The summed E-state index contributed by atoms with van der Waals surface area (Å²) in [6.45, 7) is 10.5. The summed E-state index contributed by atoms with van der Waals surface area (Å²) in [6, 6.07) is 5.97. The van der Waals surface area contributed by atoms with Crippen molar-refractivity contribution in [1.29, 1.82) is 0 Å². The Kier molecular flexibility index (Phi) is 6.26. The molecule has 0 aliphatic carbocycles. The fraction of sp³-hybridized carbons (Fsp3) is 0.550. The number of rotatable bonds is 6.